The molecule has 1 aliphatic heterocycles. The molecule has 3 aromatic rings. The van der Waals surface area contributed by atoms with Crippen molar-refractivity contribution >= 4 is 55.4 Å². The summed E-state index contributed by atoms with van der Waals surface area (Å²) in [5.41, 5.74) is 5.86. The summed E-state index contributed by atoms with van der Waals surface area (Å²) in [7, 11) is 0. The highest BCUT2D eigenvalue weighted by atomic mass is 79.9. The van der Waals surface area contributed by atoms with E-state index in [-0.39, 0.29) is 5.78 Å². The Kier molecular flexibility index (Phi) is 5.78. The molecular formula is C30H23Br2NO5. The summed E-state index contributed by atoms with van der Waals surface area (Å²) < 4.78 is 3.40. The second kappa shape index (κ2) is 8.71. The summed E-state index contributed by atoms with van der Waals surface area (Å²) in [6.07, 6.45) is 0. The van der Waals surface area contributed by atoms with E-state index in [0.717, 1.165) is 38.3 Å². The zero-order valence-corrected chi connectivity index (χ0v) is 23.8. The SMILES string of the molecule is Cc1ccc(C)c(C(=O)COC(=O)CN2C(=O)[C@@H]3[C@H](C2=O)C2(Br)c4ccccc4C3(Br)c3ccccc32)c1. The molecule has 8 heteroatoms. The number of ketones is 1. The highest BCUT2D eigenvalue weighted by molar-refractivity contribution is 9.10. The zero-order chi connectivity index (χ0) is 27.0. The first-order valence-electron chi connectivity index (χ1n) is 12.3. The maximum Gasteiger partial charge on any atom is 0.326 e. The molecule has 6 nitrogen and oxygen atoms in total. The number of hydrogen-bond acceptors (Lipinski definition) is 5. The highest BCUT2D eigenvalue weighted by Gasteiger charge is 2.72. The number of aryl methyl sites for hydroxylation is 2. The fourth-order valence-corrected chi connectivity index (χ4v) is 8.62. The molecule has 0 N–H and O–H groups in total. The van der Waals surface area contributed by atoms with Crippen LogP contribution in [-0.2, 0) is 27.8 Å². The molecule has 2 amide bonds. The molecule has 0 aromatic heterocycles. The third kappa shape index (κ3) is 3.29. The fraction of sp³-hybridized carbons (Fsp3) is 0.267. The summed E-state index contributed by atoms with van der Waals surface area (Å²) in [4.78, 5) is 54.2. The number of Topliss-reactive ketones (excluding diaryl/α,β-unsaturated/α-hetero) is 1. The molecule has 0 unspecified atom stereocenters. The van der Waals surface area contributed by atoms with Gasteiger partial charge in [-0.15, -0.1) is 0 Å². The van der Waals surface area contributed by atoms with Crippen molar-refractivity contribution in [1.29, 1.82) is 0 Å². The number of esters is 1. The Labute approximate surface area is 236 Å². The first-order chi connectivity index (χ1) is 18.1. The van der Waals surface area contributed by atoms with Gasteiger partial charge in [0, 0.05) is 5.56 Å². The topological polar surface area (TPSA) is 80.8 Å². The quantitative estimate of drug-likeness (QED) is 0.172. The Morgan fingerprint density at radius 1 is 0.816 bits per heavy atom. The van der Waals surface area contributed by atoms with Gasteiger partial charge in [0.25, 0.3) is 0 Å². The van der Waals surface area contributed by atoms with E-state index in [9.17, 15) is 19.2 Å². The van der Waals surface area contributed by atoms with Gasteiger partial charge in [-0.25, -0.2) is 0 Å². The van der Waals surface area contributed by atoms with Crippen molar-refractivity contribution in [3.05, 3.63) is 106 Å². The number of nitrogens with zero attached hydrogens (tertiary/aromatic N) is 1. The molecule has 1 heterocycles. The Morgan fingerprint density at radius 3 is 1.76 bits per heavy atom. The fourth-order valence-electron chi connectivity index (χ4n) is 6.32. The van der Waals surface area contributed by atoms with Crippen LogP contribution in [0.2, 0.25) is 0 Å². The van der Waals surface area contributed by atoms with E-state index in [1.807, 2.05) is 74.5 Å². The molecule has 1 fully saturated rings. The summed E-state index contributed by atoms with van der Waals surface area (Å²) in [6, 6.07) is 21.0. The molecule has 2 atom stereocenters. The number of likely N-dealkylation sites (tertiary alicyclic amines) is 1. The number of ether oxygens (including phenoxy) is 1. The second-order valence-electron chi connectivity index (χ2n) is 10.1. The number of benzene rings is 3. The summed E-state index contributed by atoms with van der Waals surface area (Å²) in [5.74, 6) is -3.55. The third-order valence-electron chi connectivity index (χ3n) is 8.02. The van der Waals surface area contributed by atoms with E-state index in [0.29, 0.717) is 5.56 Å². The van der Waals surface area contributed by atoms with Crippen LogP contribution in [0.25, 0.3) is 0 Å². The third-order valence-corrected chi connectivity index (χ3v) is 10.7. The lowest BCUT2D eigenvalue weighted by Gasteiger charge is -2.55. The Morgan fingerprint density at radius 2 is 1.29 bits per heavy atom. The van der Waals surface area contributed by atoms with Gasteiger partial charge < -0.3 is 4.74 Å². The largest absolute Gasteiger partial charge is 0.456 e. The van der Waals surface area contributed by atoms with Gasteiger partial charge in [-0.3, -0.25) is 24.1 Å². The number of carbonyl (C=O) groups is 4. The normalized spacial score (nSPS) is 26.6. The minimum absolute atomic E-state index is 0.338. The second-order valence-corrected chi connectivity index (χ2v) is 12.6. The van der Waals surface area contributed by atoms with Crippen LogP contribution in [0.5, 0.6) is 0 Å². The molecular weight excluding hydrogens is 614 g/mol. The zero-order valence-electron chi connectivity index (χ0n) is 20.7. The van der Waals surface area contributed by atoms with E-state index in [2.05, 4.69) is 31.9 Å². The maximum atomic E-state index is 13.9. The van der Waals surface area contributed by atoms with E-state index < -0.39 is 51.4 Å². The first kappa shape index (κ1) is 25.2. The maximum absolute atomic E-state index is 13.9. The molecule has 192 valence electrons. The van der Waals surface area contributed by atoms with Crippen LogP contribution >= 0.6 is 31.9 Å². The number of hydrogen-bond donors (Lipinski definition) is 0. The van der Waals surface area contributed by atoms with E-state index in [1.54, 1.807) is 6.07 Å². The molecule has 7 rings (SSSR count). The summed E-state index contributed by atoms with van der Waals surface area (Å²) in [5, 5.41) is 0. The van der Waals surface area contributed by atoms with Crippen LogP contribution in [0.4, 0.5) is 0 Å². The Balaban J connectivity index is 1.29. The van der Waals surface area contributed by atoms with Crippen LogP contribution in [-0.4, -0.2) is 41.6 Å². The Bertz CT molecular complexity index is 1440. The molecule has 0 spiro atoms. The number of imide groups is 1. The molecule has 0 radical (unpaired) electrons. The molecule has 1 saturated heterocycles. The number of halogens is 2. The molecule has 2 bridgehead atoms. The molecule has 38 heavy (non-hydrogen) atoms. The van der Waals surface area contributed by atoms with Gasteiger partial charge in [0.05, 0.1) is 20.5 Å². The molecule has 0 saturated carbocycles. The molecule has 3 aliphatic carbocycles. The predicted octanol–water partition coefficient (Wildman–Crippen LogP) is 4.93. The van der Waals surface area contributed by atoms with Crippen LogP contribution in [0.3, 0.4) is 0 Å². The highest BCUT2D eigenvalue weighted by Crippen LogP contribution is 2.70. The predicted molar refractivity (Wildman–Crippen MR) is 147 cm³/mol. The van der Waals surface area contributed by atoms with Crippen LogP contribution in [0.1, 0.15) is 43.7 Å². The van der Waals surface area contributed by atoms with Crippen molar-refractivity contribution in [1.82, 2.24) is 4.90 Å². The van der Waals surface area contributed by atoms with Gasteiger partial charge in [-0.1, -0.05) is 98.1 Å². The number of amides is 2. The van der Waals surface area contributed by atoms with E-state index in [4.69, 9.17) is 4.74 Å². The lowest BCUT2D eigenvalue weighted by atomic mass is 9.54. The lowest BCUT2D eigenvalue weighted by Crippen LogP contribution is -2.56. The van der Waals surface area contributed by atoms with E-state index in [1.165, 1.54) is 0 Å². The first-order valence-corrected chi connectivity index (χ1v) is 13.9. The van der Waals surface area contributed by atoms with Gasteiger partial charge in [-0.05, 0) is 47.7 Å². The van der Waals surface area contributed by atoms with E-state index >= 15 is 0 Å². The number of rotatable bonds is 5. The van der Waals surface area contributed by atoms with Crippen molar-refractivity contribution in [3.8, 4) is 0 Å². The number of alkyl halides is 2. The van der Waals surface area contributed by atoms with Crippen molar-refractivity contribution in [2.45, 2.75) is 22.5 Å². The van der Waals surface area contributed by atoms with Crippen LogP contribution in [0.15, 0.2) is 66.7 Å². The number of carbonyl (C=O) groups excluding carboxylic acids is 4. The summed E-state index contributed by atoms with van der Waals surface area (Å²) >= 11 is 7.86. The molecule has 4 aliphatic rings. The molecule has 3 aromatic carbocycles. The van der Waals surface area contributed by atoms with Crippen molar-refractivity contribution in [2.24, 2.45) is 11.8 Å². The van der Waals surface area contributed by atoms with Gasteiger partial charge in [0.1, 0.15) is 6.54 Å². The Hall–Kier alpha value is -3.10. The lowest BCUT2D eigenvalue weighted by molar-refractivity contribution is -0.152. The van der Waals surface area contributed by atoms with Crippen molar-refractivity contribution in [2.75, 3.05) is 13.2 Å². The van der Waals surface area contributed by atoms with Crippen molar-refractivity contribution < 1.29 is 23.9 Å². The standard InChI is InChI=1S/C30H23Br2NO5/c1-16-11-12-17(2)18(13-16)23(34)15-38-24(35)14-33-27(36)25-26(28(33)37)30(32)20-8-4-3-7-19(20)29(25,31)21-9-5-6-10-22(21)30/h3-13,25-26H,14-15H2,1-2H3/t25-,26+,29?,30?. The van der Waals surface area contributed by atoms with Crippen molar-refractivity contribution in [3.63, 3.8) is 0 Å². The van der Waals surface area contributed by atoms with Gasteiger partial charge in [0.2, 0.25) is 17.6 Å². The smallest absolute Gasteiger partial charge is 0.326 e. The minimum Gasteiger partial charge on any atom is -0.456 e. The van der Waals surface area contributed by atoms with Gasteiger partial charge in [-0.2, -0.15) is 0 Å². The van der Waals surface area contributed by atoms with Crippen LogP contribution in [0, 0.1) is 25.7 Å². The minimum atomic E-state index is -0.926. The van der Waals surface area contributed by atoms with Gasteiger partial charge in [0.15, 0.2) is 6.61 Å². The van der Waals surface area contributed by atoms with Crippen LogP contribution < -0.4 is 0 Å². The van der Waals surface area contributed by atoms with Gasteiger partial charge >= 0.3 is 5.97 Å². The summed E-state index contributed by atoms with van der Waals surface area (Å²) in [6.45, 7) is 2.68. The average Bonchev–Trinajstić information content (AvgIpc) is 3.17. The monoisotopic (exact) mass is 635 g/mol. The average molecular weight is 637 g/mol.